The highest BCUT2D eigenvalue weighted by molar-refractivity contribution is 7.92. The van der Waals surface area contributed by atoms with Gasteiger partial charge < -0.3 is 0 Å². The number of nitrogens with zero attached hydrogens (tertiary/aromatic N) is 1. The van der Waals surface area contributed by atoms with Crippen LogP contribution in [-0.4, -0.2) is 21.2 Å². The van der Waals surface area contributed by atoms with Gasteiger partial charge in [0.2, 0.25) is 0 Å². The predicted molar refractivity (Wildman–Crippen MR) is 78.4 cm³/mol. The molecule has 0 unspecified atom stereocenters. The van der Waals surface area contributed by atoms with Crippen molar-refractivity contribution in [3.8, 4) is 0 Å². The van der Waals surface area contributed by atoms with Crippen LogP contribution < -0.4 is 4.31 Å². The molecule has 0 amide bonds. The van der Waals surface area contributed by atoms with Crippen LogP contribution in [0.1, 0.15) is 17.3 Å². The molecule has 0 saturated carbocycles. The molecule has 0 radical (unpaired) electrons. The lowest BCUT2D eigenvalue weighted by Crippen LogP contribution is -2.27. The van der Waals surface area contributed by atoms with Crippen molar-refractivity contribution < 1.29 is 17.6 Å². The van der Waals surface area contributed by atoms with E-state index in [9.17, 15) is 17.6 Å². The van der Waals surface area contributed by atoms with Crippen LogP contribution in [0.15, 0.2) is 53.4 Å². The summed E-state index contributed by atoms with van der Waals surface area (Å²) in [5.74, 6) is -0.773. The number of sulfonamides is 1. The number of anilines is 1. The maximum Gasteiger partial charge on any atom is 0.264 e. The maximum absolute atomic E-state index is 13.7. The molecular formula is C15H14FNO3S. The van der Waals surface area contributed by atoms with Gasteiger partial charge in [-0.3, -0.25) is 9.10 Å². The Morgan fingerprint density at radius 3 is 2.14 bits per heavy atom. The smallest absolute Gasteiger partial charge is 0.264 e. The Morgan fingerprint density at radius 1 is 1.05 bits per heavy atom. The van der Waals surface area contributed by atoms with Crippen LogP contribution in [0.5, 0.6) is 0 Å². The summed E-state index contributed by atoms with van der Waals surface area (Å²) in [6, 6.07) is 11.2. The molecule has 4 nitrogen and oxygen atoms in total. The molecule has 0 aliphatic heterocycles. The van der Waals surface area contributed by atoms with Crippen LogP contribution in [0, 0.1) is 5.82 Å². The van der Waals surface area contributed by atoms with E-state index in [0.29, 0.717) is 5.56 Å². The molecule has 2 rings (SSSR count). The number of halogens is 1. The number of carbonyl (C=O) groups is 1. The first-order valence-electron chi connectivity index (χ1n) is 6.18. The van der Waals surface area contributed by atoms with Gasteiger partial charge in [-0.15, -0.1) is 0 Å². The SMILES string of the molecule is CC(=O)c1ccc(S(=O)(=O)N(C)c2ccccc2F)cc1. The number of hydrogen-bond donors (Lipinski definition) is 0. The topological polar surface area (TPSA) is 54.5 Å². The van der Waals surface area contributed by atoms with Gasteiger partial charge in [-0.2, -0.15) is 0 Å². The second-order valence-electron chi connectivity index (χ2n) is 4.50. The zero-order valence-electron chi connectivity index (χ0n) is 11.6. The Morgan fingerprint density at radius 2 is 1.62 bits per heavy atom. The first-order chi connectivity index (χ1) is 9.84. The average molecular weight is 307 g/mol. The molecule has 0 aromatic heterocycles. The molecule has 0 heterocycles. The van der Waals surface area contributed by atoms with E-state index in [-0.39, 0.29) is 16.4 Å². The first kappa shape index (κ1) is 15.2. The van der Waals surface area contributed by atoms with E-state index in [0.717, 1.165) is 4.31 Å². The fourth-order valence-corrected chi connectivity index (χ4v) is 3.06. The lowest BCUT2D eigenvalue weighted by molar-refractivity contribution is 0.101. The van der Waals surface area contributed by atoms with E-state index in [2.05, 4.69) is 0 Å². The third-order valence-corrected chi connectivity index (χ3v) is 4.90. The minimum absolute atomic E-state index is 0.00162. The zero-order chi connectivity index (χ0) is 15.6. The monoisotopic (exact) mass is 307 g/mol. The van der Waals surface area contributed by atoms with Crippen molar-refractivity contribution >= 4 is 21.5 Å². The van der Waals surface area contributed by atoms with Gasteiger partial charge in [0.1, 0.15) is 5.82 Å². The third-order valence-electron chi connectivity index (χ3n) is 3.11. The highest BCUT2D eigenvalue weighted by Gasteiger charge is 2.23. The molecule has 21 heavy (non-hydrogen) atoms. The maximum atomic E-state index is 13.7. The Kier molecular flexibility index (Phi) is 4.09. The van der Waals surface area contributed by atoms with E-state index in [1.165, 1.54) is 56.4 Å². The summed E-state index contributed by atoms with van der Waals surface area (Å²) in [6.07, 6.45) is 0. The largest absolute Gasteiger partial charge is 0.295 e. The third kappa shape index (κ3) is 2.95. The number of carbonyl (C=O) groups excluding carboxylic acids is 1. The number of rotatable bonds is 4. The van der Waals surface area contributed by atoms with Gasteiger partial charge in [-0.1, -0.05) is 24.3 Å². The van der Waals surface area contributed by atoms with Crippen molar-refractivity contribution in [1.29, 1.82) is 0 Å². The van der Waals surface area contributed by atoms with Gasteiger partial charge >= 0.3 is 0 Å². The van der Waals surface area contributed by atoms with Crippen molar-refractivity contribution in [3.05, 3.63) is 59.9 Å². The summed E-state index contributed by atoms with van der Waals surface area (Å²) in [5, 5.41) is 0. The quantitative estimate of drug-likeness (QED) is 0.816. The van der Waals surface area contributed by atoms with Gasteiger partial charge in [0, 0.05) is 12.6 Å². The summed E-state index contributed by atoms with van der Waals surface area (Å²) in [7, 11) is -2.59. The lowest BCUT2D eigenvalue weighted by Gasteiger charge is -2.20. The van der Waals surface area contributed by atoms with E-state index in [1.54, 1.807) is 6.07 Å². The summed E-state index contributed by atoms with van der Waals surface area (Å²) >= 11 is 0. The Balaban J connectivity index is 2.42. The summed E-state index contributed by atoms with van der Waals surface area (Å²) in [5.41, 5.74) is 0.385. The van der Waals surface area contributed by atoms with E-state index in [1.807, 2.05) is 0 Å². The van der Waals surface area contributed by atoms with Crippen LogP contribution in [0.25, 0.3) is 0 Å². The van der Waals surface area contributed by atoms with Crippen molar-refractivity contribution in [2.45, 2.75) is 11.8 Å². The number of benzene rings is 2. The van der Waals surface area contributed by atoms with Crippen LogP contribution in [-0.2, 0) is 10.0 Å². The van der Waals surface area contributed by atoms with Crippen molar-refractivity contribution in [2.75, 3.05) is 11.4 Å². The molecule has 0 N–H and O–H groups in total. The van der Waals surface area contributed by atoms with Crippen molar-refractivity contribution in [1.82, 2.24) is 0 Å². The Bertz CT molecular complexity index is 770. The molecule has 0 fully saturated rings. The summed E-state index contributed by atoms with van der Waals surface area (Å²) < 4.78 is 39.5. The molecule has 2 aromatic carbocycles. The molecule has 0 aliphatic carbocycles. The van der Waals surface area contributed by atoms with E-state index < -0.39 is 15.8 Å². The van der Waals surface area contributed by atoms with Crippen LogP contribution in [0.2, 0.25) is 0 Å². The van der Waals surface area contributed by atoms with Crippen molar-refractivity contribution in [3.63, 3.8) is 0 Å². The molecule has 0 spiro atoms. The fourth-order valence-electron chi connectivity index (χ4n) is 1.86. The molecule has 0 atom stereocenters. The van der Waals surface area contributed by atoms with Crippen LogP contribution in [0.3, 0.4) is 0 Å². The average Bonchev–Trinajstić information content (AvgIpc) is 2.47. The molecule has 0 saturated heterocycles. The minimum Gasteiger partial charge on any atom is -0.295 e. The van der Waals surface area contributed by atoms with Crippen molar-refractivity contribution in [2.24, 2.45) is 0 Å². The second-order valence-corrected chi connectivity index (χ2v) is 6.47. The molecule has 0 bridgehead atoms. The number of para-hydroxylation sites is 1. The van der Waals surface area contributed by atoms with Gasteiger partial charge in [-0.05, 0) is 31.2 Å². The fraction of sp³-hybridized carbons (Fsp3) is 0.133. The number of ketones is 1. The minimum atomic E-state index is -3.87. The van der Waals surface area contributed by atoms with Gasteiger partial charge in [0.05, 0.1) is 10.6 Å². The van der Waals surface area contributed by atoms with E-state index in [4.69, 9.17) is 0 Å². The Hall–Kier alpha value is -2.21. The predicted octanol–water partition coefficient (Wildman–Crippen LogP) is 2.85. The van der Waals surface area contributed by atoms with Crippen LogP contribution >= 0.6 is 0 Å². The highest BCUT2D eigenvalue weighted by Crippen LogP contribution is 2.24. The highest BCUT2D eigenvalue weighted by atomic mass is 32.2. The second kappa shape index (κ2) is 5.65. The molecule has 6 heteroatoms. The first-order valence-corrected chi connectivity index (χ1v) is 7.62. The summed E-state index contributed by atoms with van der Waals surface area (Å²) in [6.45, 7) is 1.40. The summed E-state index contributed by atoms with van der Waals surface area (Å²) in [4.78, 5) is 11.2. The Labute approximate surface area is 122 Å². The number of Topliss-reactive ketones (excluding diaryl/α,β-unsaturated/α-hetero) is 1. The zero-order valence-corrected chi connectivity index (χ0v) is 12.4. The lowest BCUT2D eigenvalue weighted by atomic mass is 10.2. The van der Waals surface area contributed by atoms with E-state index >= 15 is 0 Å². The van der Waals surface area contributed by atoms with Gasteiger partial charge in [-0.25, -0.2) is 12.8 Å². The molecular weight excluding hydrogens is 293 g/mol. The van der Waals surface area contributed by atoms with Gasteiger partial charge in [0.25, 0.3) is 10.0 Å². The van der Waals surface area contributed by atoms with Crippen LogP contribution in [0.4, 0.5) is 10.1 Å². The molecule has 110 valence electrons. The molecule has 2 aromatic rings. The normalized spacial score (nSPS) is 11.2. The standard InChI is InChI=1S/C15H14FNO3S/c1-11(18)12-7-9-13(10-8-12)21(19,20)17(2)15-6-4-3-5-14(15)16/h3-10H,1-2H3. The van der Waals surface area contributed by atoms with Gasteiger partial charge in [0.15, 0.2) is 5.78 Å². The number of hydrogen-bond acceptors (Lipinski definition) is 3. The molecule has 0 aliphatic rings.